The van der Waals surface area contributed by atoms with Crippen LogP contribution in [0.1, 0.15) is 18.9 Å². The van der Waals surface area contributed by atoms with E-state index in [1.165, 1.54) is 36.8 Å². The van der Waals surface area contributed by atoms with Gasteiger partial charge >= 0.3 is 0 Å². The lowest BCUT2D eigenvalue weighted by atomic mass is 9.98. The minimum absolute atomic E-state index is 0.0764. The molecule has 0 spiro atoms. The maximum absolute atomic E-state index is 9.68. The Kier molecular flexibility index (Phi) is 4.49. The number of fused-ring (bicyclic) bond motifs is 5. The fourth-order valence-corrected chi connectivity index (χ4v) is 5.07. The third kappa shape index (κ3) is 2.55. The molecule has 5 heteroatoms. The molecule has 4 nitrogen and oxygen atoms in total. The van der Waals surface area contributed by atoms with Crippen molar-refractivity contribution in [3.8, 4) is 0 Å². The number of aliphatic hydroxyl groups excluding tert-OH is 2. The molecule has 0 radical (unpaired) electrons. The summed E-state index contributed by atoms with van der Waals surface area (Å²) in [6.45, 7) is 2.45. The fraction of sp³-hybridized carbons (Fsp3) is 0.333. The van der Waals surface area contributed by atoms with Gasteiger partial charge < -0.3 is 20.1 Å². The Balaban J connectivity index is 1.84. The van der Waals surface area contributed by atoms with Crippen molar-refractivity contribution < 1.29 is 10.2 Å². The van der Waals surface area contributed by atoms with Crippen LogP contribution < -0.4 is 5.32 Å². The smallest absolute Gasteiger partial charge is 0.0678 e. The maximum Gasteiger partial charge on any atom is 0.0678 e. The molecule has 4 aromatic rings. The van der Waals surface area contributed by atoms with Gasteiger partial charge in [0.1, 0.15) is 0 Å². The van der Waals surface area contributed by atoms with Crippen molar-refractivity contribution in [3.05, 3.63) is 48.0 Å². The number of hydrogen-bond acceptors (Lipinski definition) is 4. The van der Waals surface area contributed by atoms with Crippen molar-refractivity contribution >= 4 is 42.5 Å². The molecule has 0 aliphatic carbocycles. The molecule has 0 fully saturated rings. The van der Waals surface area contributed by atoms with E-state index in [2.05, 4.69) is 59.4 Å². The van der Waals surface area contributed by atoms with Gasteiger partial charge in [0, 0.05) is 34.6 Å². The number of rotatable bonds is 6. The summed E-state index contributed by atoms with van der Waals surface area (Å²) in [5, 5.41) is 25.3. The summed E-state index contributed by atoms with van der Waals surface area (Å²) in [5.74, 6) is 0. The van der Waals surface area contributed by atoms with Crippen LogP contribution in [0.3, 0.4) is 0 Å². The molecule has 26 heavy (non-hydrogen) atoms. The van der Waals surface area contributed by atoms with Crippen LogP contribution in [0.15, 0.2) is 42.5 Å². The molecule has 0 saturated carbocycles. The van der Waals surface area contributed by atoms with Crippen LogP contribution in [0, 0.1) is 0 Å². The summed E-state index contributed by atoms with van der Waals surface area (Å²) in [6.07, 6.45) is 0.674. The van der Waals surface area contributed by atoms with Crippen LogP contribution in [0.2, 0.25) is 0 Å². The third-order valence-electron chi connectivity index (χ3n) is 5.55. The summed E-state index contributed by atoms with van der Waals surface area (Å²) in [4.78, 5) is 0. The Morgan fingerprint density at radius 1 is 1.00 bits per heavy atom. The van der Waals surface area contributed by atoms with Gasteiger partial charge in [0.25, 0.3) is 0 Å². The van der Waals surface area contributed by atoms with E-state index in [4.69, 9.17) is 0 Å². The van der Waals surface area contributed by atoms with Gasteiger partial charge in [0.05, 0.1) is 29.0 Å². The average Bonchev–Trinajstić information content (AvgIpc) is 3.20. The molecule has 0 aliphatic rings. The van der Waals surface area contributed by atoms with E-state index in [0.29, 0.717) is 13.0 Å². The van der Waals surface area contributed by atoms with E-state index >= 15 is 0 Å². The topological polar surface area (TPSA) is 57.4 Å². The van der Waals surface area contributed by atoms with Crippen LogP contribution in [-0.2, 0) is 13.6 Å². The lowest BCUT2D eigenvalue weighted by molar-refractivity contribution is 0.0865. The predicted molar refractivity (Wildman–Crippen MR) is 110 cm³/mol. The second-order valence-electron chi connectivity index (χ2n) is 6.95. The lowest BCUT2D eigenvalue weighted by Gasteiger charge is -2.30. The zero-order valence-electron chi connectivity index (χ0n) is 15.1. The van der Waals surface area contributed by atoms with Gasteiger partial charge in [-0.3, -0.25) is 0 Å². The largest absolute Gasteiger partial charge is 0.394 e. The highest BCUT2D eigenvalue weighted by Crippen LogP contribution is 2.41. The monoisotopic (exact) mass is 368 g/mol. The van der Waals surface area contributed by atoms with E-state index in [1.54, 1.807) is 0 Å². The van der Waals surface area contributed by atoms with Crippen molar-refractivity contribution in [1.29, 1.82) is 0 Å². The number of thiophene rings is 1. The van der Waals surface area contributed by atoms with Gasteiger partial charge in [0.2, 0.25) is 0 Å². The first-order valence-corrected chi connectivity index (χ1v) is 9.80. The van der Waals surface area contributed by atoms with Crippen molar-refractivity contribution in [2.45, 2.75) is 25.4 Å². The Morgan fingerprint density at radius 2 is 1.73 bits per heavy atom. The quantitative estimate of drug-likeness (QED) is 0.486. The standard InChI is InChI=1S/C21H24N2O2S/c1-3-21(12-24,13-25)22-11-14-7-6-9-16-18-20(26-19(14)16)15-8-4-5-10-17(15)23(18)2/h4-10,22,24-25H,3,11-13H2,1-2H3. The first-order chi connectivity index (χ1) is 12.6. The van der Waals surface area contributed by atoms with Gasteiger partial charge in [-0.1, -0.05) is 43.3 Å². The number of nitrogens with one attached hydrogen (secondary N) is 1. The van der Waals surface area contributed by atoms with E-state index in [0.717, 1.165) is 0 Å². The van der Waals surface area contributed by atoms with E-state index in [9.17, 15) is 10.2 Å². The third-order valence-corrected chi connectivity index (χ3v) is 6.86. The Morgan fingerprint density at radius 3 is 2.46 bits per heavy atom. The number of para-hydroxylation sites is 1. The Labute approximate surface area is 156 Å². The molecule has 2 heterocycles. The molecule has 0 saturated heterocycles. The minimum atomic E-state index is -0.633. The van der Waals surface area contributed by atoms with Crippen molar-refractivity contribution in [1.82, 2.24) is 9.88 Å². The predicted octanol–water partition coefficient (Wildman–Crippen LogP) is 3.77. The molecule has 4 rings (SSSR count). The van der Waals surface area contributed by atoms with Gasteiger partial charge in [-0.25, -0.2) is 0 Å². The SMILES string of the molecule is CCC(CO)(CO)NCc1cccc2c1sc1c3ccccc3n(C)c21. The first-order valence-electron chi connectivity index (χ1n) is 8.98. The number of hydrogen-bond donors (Lipinski definition) is 3. The van der Waals surface area contributed by atoms with Crippen LogP contribution in [-0.4, -0.2) is 33.5 Å². The Hall–Kier alpha value is -1.92. The van der Waals surface area contributed by atoms with Crippen LogP contribution in [0.4, 0.5) is 0 Å². The Bertz CT molecular complexity index is 1070. The zero-order chi connectivity index (χ0) is 18.3. The van der Waals surface area contributed by atoms with Gasteiger partial charge in [-0.15, -0.1) is 11.3 Å². The van der Waals surface area contributed by atoms with Crippen molar-refractivity contribution in [2.24, 2.45) is 7.05 Å². The molecule has 0 aliphatic heterocycles. The van der Waals surface area contributed by atoms with Gasteiger partial charge in [0.15, 0.2) is 0 Å². The number of aromatic nitrogens is 1. The van der Waals surface area contributed by atoms with E-state index in [1.807, 2.05) is 18.3 Å². The molecule has 0 bridgehead atoms. The second kappa shape index (κ2) is 6.67. The van der Waals surface area contributed by atoms with Crippen LogP contribution in [0.5, 0.6) is 0 Å². The van der Waals surface area contributed by atoms with Crippen LogP contribution >= 0.6 is 11.3 Å². The summed E-state index contributed by atoms with van der Waals surface area (Å²) in [6, 6.07) is 14.9. The number of nitrogens with zero attached hydrogens (tertiary/aromatic N) is 1. The van der Waals surface area contributed by atoms with Crippen molar-refractivity contribution in [3.63, 3.8) is 0 Å². The number of aryl methyl sites for hydroxylation is 1. The lowest BCUT2D eigenvalue weighted by Crippen LogP contribution is -2.50. The van der Waals surface area contributed by atoms with E-state index in [-0.39, 0.29) is 13.2 Å². The molecule has 136 valence electrons. The summed E-state index contributed by atoms with van der Waals surface area (Å²) >= 11 is 1.83. The normalized spacial score (nSPS) is 12.6. The molecule has 0 unspecified atom stereocenters. The average molecular weight is 369 g/mol. The molecule has 2 aromatic carbocycles. The second-order valence-corrected chi connectivity index (χ2v) is 7.97. The number of benzene rings is 2. The van der Waals surface area contributed by atoms with Crippen LogP contribution in [0.25, 0.3) is 31.2 Å². The highest BCUT2D eigenvalue weighted by molar-refractivity contribution is 7.26. The summed E-state index contributed by atoms with van der Waals surface area (Å²) < 4.78 is 4.86. The molecular formula is C21H24N2O2S. The summed E-state index contributed by atoms with van der Waals surface area (Å²) in [7, 11) is 2.13. The van der Waals surface area contributed by atoms with Gasteiger partial charge in [-0.05, 0) is 18.1 Å². The molecule has 3 N–H and O–H groups in total. The number of aliphatic hydroxyl groups is 2. The molecule has 0 atom stereocenters. The molecular weight excluding hydrogens is 344 g/mol. The molecule has 2 aromatic heterocycles. The molecule has 0 amide bonds. The fourth-order valence-electron chi connectivity index (χ4n) is 3.69. The van der Waals surface area contributed by atoms with E-state index < -0.39 is 5.54 Å². The highest BCUT2D eigenvalue weighted by Gasteiger charge is 2.26. The maximum atomic E-state index is 9.68. The van der Waals surface area contributed by atoms with Crippen molar-refractivity contribution in [2.75, 3.05) is 13.2 Å². The van der Waals surface area contributed by atoms with Gasteiger partial charge in [-0.2, -0.15) is 0 Å². The first kappa shape index (κ1) is 17.5. The summed E-state index contributed by atoms with van der Waals surface area (Å²) in [5.41, 5.74) is 3.10. The zero-order valence-corrected chi connectivity index (χ0v) is 15.9. The minimum Gasteiger partial charge on any atom is -0.394 e. The highest BCUT2D eigenvalue weighted by atomic mass is 32.1.